The van der Waals surface area contributed by atoms with Crippen LogP contribution in [0, 0.1) is 0 Å². The molecule has 0 fully saturated rings. The maximum atomic E-state index is 11.1. The topological polar surface area (TPSA) is 57.1 Å². The van der Waals surface area contributed by atoms with Crippen molar-refractivity contribution in [3.63, 3.8) is 0 Å². The number of carbonyl (C=O) groups is 1. The number of hydrogen-bond donors (Lipinski definition) is 0. The first kappa shape index (κ1) is 9.98. The van der Waals surface area contributed by atoms with Crippen LogP contribution in [0.4, 0.5) is 0 Å². The van der Waals surface area contributed by atoms with Crippen molar-refractivity contribution < 1.29 is 19.0 Å². The van der Waals surface area contributed by atoms with Gasteiger partial charge in [0.05, 0.1) is 6.61 Å². The van der Waals surface area contributed by atoms with Gasteiger partial charge in [-0.25, -0.2) is 9.79 Å². The van der Waals surface area contributed by atoms with E-state index in [1.807, 2.05) is 0 Å². The number of carbonyl (C=O) groups excluding carboxylic acids is 1. The summed E-state index contributed by atoms with van der Waals surface area (Å²) in [6.45, 7) is 2.69. The monoisotopic (exact) mass is 187 g/mol. The fraction of sp³-hybridized carbons (Fsp3) is 0.750. The number of rotatable bonds is 4. The van der Waals surface area contributed by atoms with E-state index in [2.05, 4.69) is 4.99 Å². The summed E-state index contributed by atoms with van der Waals surface area (Å²) in [6.07, 6.45) is 0. The second-order valence-electron chi connectivity index (χ2n) is 2.53. The van der Waals surface area contributed by atoms with Gasteiger partial charge in [0, 0.05) is 7.11 Å². The van der Waals surface area contributed by atoms with Gasteiger partial charge in [-0.1, -0.05) is 0 Å². The molecule has 0 aliphatic carbocycles. The van der Waals surface area contributed by atoms with Crippen LogP contribution in [0.5, 0.6) is 0 Å². The Morgan fingerprint density at radius 2 is 2.54 bits per heavy atom. The van der Waals surface area contributed by atoms with Gasteiger partial charge in [0.15, 0.2) is 6.04 Å². The molecule has 0 spiro atoms. The zero-order valence-corrected chi connectivity index (χ0v) is 7.78. The first-order valence-corrected chi connectivity index (χ1v) is 4.13. The summed E-state index contributed by atoms with van der Waals surface area (Å²) in [5.74, 6) is 0.120. The van der Waals surface area contributed by atoms with E-state index < -0.39 is 6.04 Å². The number of ether oxygens (including phenoxy) is 3. The first-order valence-electron chi connectivity index (χ1n) is 4.13. The van der Waals surface area contributed by atoms with Crippen LogP contribution in [-0.2, 0) is 19.0 Å². The van der Waals surface area contributed by atoms with E-state index in [9.17, 15) is 4.79 Å². The van der Waals surface area contributed by atoms with Crippen molar-refractivity contribution in [1.29, 1.82) is 0 Å². The quantitative estimate of drug-likeness (QED) is 0.581. The number of hydrogen-bond acceptors (Lipinski definition) is 5. The summed E-state index contributed by atoms with van der Waals surface area (Å²) < 4.78 is 14.7. The lowest BCUT2D eigenvalue weighted by Crippen LogP contribution is -2.22. The van der Waals surface area contributed by atoms with Crippen LogP contribution in [0.25, 0.3) is 0 Å². The number of methoxy groups -OCH3 is 1. The van der Waals surface area contributed by atoms with Crippen LogP contribution in [0.3, 0.4) is 0 Å². The molecule has 0 radical (unpaired) electrons. The van der Waals surface area contributed by atoms with E-state index in [1.165, 1.54) is 0 Å². The molecule has 0 aromatic heterocycles. The van der Waals surface area contributed by atoms with Gasteiger partial charge in [-0.15, -0.1) is 0 Å². The summed E-state index contributed by atoms with van der Waals surface area (Å²) in [5.41, 5.74) is 0. The van der Waals surface area contributed by atoms with Gasteiger partial charge in [0.2, 0.25) is 5.90 Å². The molecule has 0 saturated carbocycles. The van der Waals surface area contributed by atoms with E-state index in [0.717, 1.165) is 0 Å². The molecule has 0 aromatic carbocycles. The Morgan fingerprint density at radius 3 is 3.15 bits per heavy atom. The highest BCUT2D eigenvalue weighted by Gasteiger charge is 2.26. The van der Waals surface area contributed by atoms with E-state index in [1.54, 1.807) is 14.0 Å². The zero-order valence-electron chi connectivity index (χ0n) is 7.78. The molecule has 5 nitrogen and oxygen atoms in total. The lowest BCUT2D eigenvalue weighted by molar-refractivity contribution is -0.144. The van der Waals surface area contributed by atoms with Crippen LogP contribution in [0.2, 0.25) is 0 Å². The van der Waals surface area contributed by atoms with Crippen LogP contribution >= 0.6 is 0 Å². The largest absolute Gasteiger partial charge is 0.476 e. The molecule has 1 atom stereocenters. The molecule has 1 aliphatic heterocycles. The highest BCUT2D eigenvalue weighted by Crippen LogP contribution is 2.06. The second kappa shape index (κ2) is 4.81. The minimum absolute atomic E-state index is 0.261. The van der Waals surface area contributed by atoms with Gasteiger partial charge < -0.3 is 14.2 Å². The standard InChI is InChI=1S/C8H13NO4/c1-3-12-8(10)6-4-13-7(9-6)5-11-2/h6H,3-5H2,1-2H3. The molecule has 5 heteroatoms. The molecule has 0 saturated heterocycles. The third kappa shape index (κ3) is 2.69. The molecule has 1 rings (SSSR count). The fourth-order valence-electron chi connectivity index (χ4n) is 0.985. The minimum Gasteiger partial charge on any atom is -0.476 e. The van der Waals surface area contributed by atoms with E-state index >= 15 is 0 Å². The number of esters is 1. The molecule has 0 amide bonds. The Kier molecular flexibility index (Phi) is 3.70. The van der Waals surface area contributed by atoms with E-state index in [0.29, 0.717) is 19.1 Å². The predicted octanol–water partition coefficient (Wildman–Crippen LogP) is -0.00680. The van der Waals surface area contributed by atoms with Crippen molar-refractivity contribution in [2.24, 2.45) is 4.99 Å². The van der Waals surface area contributed by atoms with Gasteiger partial charge in [-0.2, -0.15) is 0 Å². The van der Waals surface area contributed by atoms with Crippen molar-refractivity contribution in [1.82, 2.24) is 0 Å². The molecular formula is C8H13NO4. The van der Waals surface area contributed by atoms with Crippen molar-refractivity contribution >= 4 is 11.9 Å². The number of nitrogens with zero attached hydrogens (tertiary/aromatic N) is 1. The maximum Gasteiger partial charge on any atom is 0.334 e. The second-order valence-corrected chi connectivity index (χ2v) is 2.53. The van der Waals surface area contributed by atoms with Crippen LogP contribution in [0.15, 0.2) is 4.99 Å². The van der Waals surface area contributed by atoms with Gasteiger partial charge in [0.25, 0.3) is 0 Å². The summed E-state index contributed by atoms with van der Waals surface area (Å²) in [7, 11) is 1.55. The molecule has 74 valence electrons. The average molecular weight is 187 g/mol. The third-order valence-corrected chi connectivity index (χ3v) is 1.53. The Hall–Kier alpha value is -1.10. The smallest absolute Gasteiger partial charge is 0.334 e. The van der Waals surface area contributed by atoms with E-state index in [-0.39, 0.29) is 12.6 Å². The number of aliphatic imine (C=N–C) groups is 1. The predicted molar refractivity (Wildman–Crippen MR) is 45.7 cm³/mol. The molecule has 0 bridgehead atoms. The summed E-state index contributed by atoms with van der Waals surface area (Å²) in [5, 5.41) is 0. The van der Waals surface area contributed by atoms with Crippen molar-refractivity contribution in [3.05, 3.63) is 0 Å². The highest BCUT2D eigenvalue weighted by molar-refractivity contribution is 5.86. The fourth-order valence-corrected chi connectivity index (χ4v) is 0.985. The molecule has 0 aromatic rings. The Morgan fingerprint density at radius 1 is 1.77 bits per heavy atom. The Balaban J connectivity index is 2.42. The minimum atomic E-state index is -0.509. The maximum absolute atomic E-state index is 11.1. The molecular weight excluding hydrogens is 174 g/mol. The molecule has 0 N–H and O–H groups in total. The first-order chi connectivity index (χ1) is 6.27. The third-order valence-electron chi connectivity index (χ3n) is 1.53. The van der Waals surface area contributed by atoms with Crippen LogP contribution in [-0.4, -0.2) is 44.8 Å². The van der Waals surface area contributed by atoms with E-state index in [4.69, 9.17) is 14.2 Å². The molecule has 1 heterocycles. The van der Waals surface area contributed by atoms with Crippen molar-refractivity contribution in [3.8, 4) is 0 Å². The summed E-state index contributed by atoms with van der Waals surface area (Å²) >= 11 is 0. The Labute approximate surface area is 76.7 Å². The molecule has 13 heavy (non-hydrogen) atoms. The summed E-state index contributed by atoms with van der Waals surface area (Å²) in [4.78, 5) is 15.1. The van der Waals surface area contributed by atoms with Crippen LogP contribution in [0.1, 0.15) is 6.92 Å². The Bertz CT molecular complexity index is 214. The SMILES string of the molecule is CCOC(=O)C1COC(COC)=N1. The van der Waals surface area contributed by atoms with Crippen molar-refractivity contribution in [2.45, 2.75) is 13.0 Å². The van der Waals surface area contributed by atoms with Crippen LogP contribution < -0.4 is 0 Å². The highest BCUT2D eigenvalue weighted by atomic mass is 16.6. The van der Waals surface area contributed by atoms with Gasteiger partial charge in [-0.3, -0.25) is 0 Å². The zero-order chi connectivity index (χ0) is 9.68. The van der Waals surface area contributed by atoms with Gasteiger partial charge in [0.1, 0.15) is 13.2 Å². The lowest BCUT2D eigenvalue weighted by atomic mass is 10.3. The van der Waals surface area contributed by atoms with Crippen molar-refractivity contribution in [2.75, 3.05) is 26.9 Å². The lowest BCUT2D eigenvalue weighted by Gasteiger charge is -2.03. The molecule has 1 unspecified atom stereocenters. The normalized spacial score (nSPS) is 20.8. The summed E-state index contributed by atoms with van der Waals surface area (Å²) in [6, 6.07) is -0.509. The van der Waals surface area contributed by atoms with Gasteiger partial charge in [-0.05, 0) is 6.92 Å². The van der Waals surface area contributed by atoms with Gasteiger partial charge >= 0.3 is 5.97 Å². The molecule has 1 aliphatic rings. The average Bonchev–Trinajstić information content (AvgIpc) is 2.54.